The maximum atomic E-state index is 11.9. The molecule has 1 saturated heterocycles. The van der Waals surface area contributed by atoms with E-state index in [0.29, 0.717) is 12.1 Å². The number of hydrogen-bond donors (Lipinski definition) is 3. The van der Waals surface area contributed by atoms with Crippen LogP contribution in [0.15, 0.2) is 29.4 Å². The van der Waals surface area contributed by atoms with Gasteiger partial charge in [0, 0.05) is 18.4 Å². The lowest BCUT2D eigenvalue weighted by atomic mass is 9.95. The van der Waals surface area contributed by atoms with Crippen LogP contribution in [-0.2, 0) is 19.1 Å². The second kappa shape index (κ2) is 7.92. The molecule has 1 aromatic rings. The molecule has 0 aromatic heterocycles. The topological polar surface area (TPSA) is 117 Å². The maximum absolute atomic E-state index is 11.9. The Kier molecular flexibility index (Phi) is 5.75. The van der Waals surface area contributed by atoms with E-state index in [1.807, 2.05) is 29.7 Å². The summed E-state index contributed by atoms with van der Waals surface area (Å²) in [4.78, 5) is 5.40. The second-order valence-corrected chi connectivity index (χ2v) is 8.85. The number of oxime groups is 1. The number of rotatable bonds is 4. The molecule has 28 heavy (non-hydrogen) atoms. The van der Waals surface area contributed by atoms with E-state index in [2.05, 4.69) is 33.0 Å². The van der Waals surface area contributed by atoms with Gasteiger partial charge in [-0.1, -0.05) is 29.1 Å². The molecule has 1 aromatic carbocycles. The Morgan fingerprint density at radius 1 is 1.36 bits per heavy atom. The molecule has 4 atom stereocenters. The highest BCUT2D eigenvalue weighted by atomic mass is 32.2. The molecule has 2 aliphatic heterocycles. The predicted octanol–water partition coefficient (Wildman–Crippen LogP) is 0.729. The van der Waals surface area contributed by atoms with Crippen LogP contribution in [-0.4, -0.2) is 47.6 Å². The normalized spacial score (nSPS) is 28.5. The lowest BCUT2D eigenvalue weighted by Crippen LogP contribution is -2.66. The monoisotopic (exact) mass is 404 g/mol. The van der Waals surface area contributed by atoms with Gasteiger partial charge in [0.25, 0.3) is 10.1 Å². The molecule has 0 spiro atoms. The van der Waals surface area contributed by atoms with Crippen molar-refractivity contribution in [1.29, 1.82) is 0 Å². The average Bonchev–Trinajstić information content (AvgIpc) is 3.12. The van der Waals surface area contributed by atoms with E-state index in [9.17, 15) is 8.42 Å². The third-order valence-electron chi connectivity index (χ3n) is 4.60. The Morgan fingerprint density at radius 2 is 2.07 bits per heavy atom. The molecule has 0 radical (unpaired) electrons. The maximum Gasteiger partial charge on any atom is 0.278 e. The van der Waals surface area contributed by atoms with E-state index < -0.39 is 33.3 Å². The average molecular weight is 404 g/mol. The summed E-state index contributed by atoms with van der Waals surface area (Å²) in [6.45, 7) is 3.06. The summed E-state index contributed by atoms with van der Waals surface area (Å²) in [6.07, 6.45) is -1.58. The van der Waals surface area contributed by atoms with Crippen LogP contribution in [0.1, 0.15) is 37.8 Å². The Labute approximate surface area is 163 Å². The summed E-state index contributed by atoms with van der Waals surface area (Å²) in [6, 6.07) is 7.33. The summed E-state index contributed by atoms with van der Waals surface area (Å²) >= 11 is 0. The van der Waals surface area contributed by atoms with Crippen molar-refractivity contribution in [1.82, 2.24) is 5.48 Å². The third-order valence-corrected chi connectivity index (χ3v) is 6.57. The molecule has 0 aliphatic carbocycles. The lowest BCUT2D eigenvalue weighted by Gasteiger charge is -2.44. The highest BCUT2D eigenvalue weighted by Crippen LogP contribution is 2.41. The molecule has 0 amide bonds. The van der Waals surface area contributed by atoms with Crippen molar-refractivity contribution in [2.75, 3.05) is 0 Å². The van der Waals surface area contributed by atoms with Crippen molar-refractivity contribution in [2.24, 2.45) is 5.16 Å². The van der Waals surface area contributed by atoms with Gasteiger partial charge in [-0.2, -0.15) is 13.9 Å². The zero-order valence-corrected chi connectivity index (χ0v) is 16.2. The summed E-state index contributed by atoms with van der Waals surface area (Å²) in [5, 5.41) is 22.2. The van der Waals surface area contributed by atoms with Crippen LogP contribution in [0, 0.1) is 23.7 Å². The van der Waals surface area contributed by atoms with Gasteiger partial charge in [-0.05, 0) is 43.4 Å². The molecule has 3 N–H and O–H groups in total. The Morgan fingerprint density at radius 3 is 2.68 bits per heavy atom. The quantitative estimate of drug-likeness (QED) is 0.385. The van der Waals surface area contributed by atoms with E-state index in [1.165, 1.54) is 6.92 Å². The van der Waals surface area contributed by atoms with Gasteiger partial charge in [0.2, 0.25) is 0 Å². The molecule has 148 valence electrons. The van der Waals surface area contributed by atoms with Gasteiger partial charge >= 0.3 is 0 Å². The first-order valence-electron chi connectivity index (χ1n) is 8.60. The number of aliphatic hydroxyl groups excluding tert-OH is 1. The van der Waals surface area contributed by atoms with Crippen LogP contribution in [0.3, 0.4) is 0 Å². The number of aliphatic hydroxyl groups is 1. The first-order valence-corrected chi connectivity index (χ1v) is 10.0. The van der Waals surface area contributed by atoms with Crippen LogP contribution in [0.25, 0.3) is 0 Å². The first kappa shape index (κ1) is 20.3. The standard InChI is InChI=1S/C19H20N2O6S/c1-13(22)5-3-4-6-14-7-9-15(10-8-14)17-11-16(26-21-17)12-19(2)18(20-23)27-28(19,24)25/h7-10,13,16,18,20,22-23H,11-12H2,1-2H3/t13?,16-,18?,19-/m1/s1. The van der Waals surface area contributed by atoms with Crippen molar-refractivity contribution in [3.8, 4) is 23.7 Å². The zero-order chi connectivity index (χ0) is 20.4. The van der Waals surface area contributed by atoms with E-state index in [4.69, 9.17) is 15.2 Å². The minimum Gasteiger partial charge on any atom is -0.392 e. The van der Waals surface area contributed by atoms with Gasteiger partial charge in [0.1, 0.15) is 17.0 Å². The molecule has 0 saturated carbocycles. The van der Waals surface area contributed by atoms with Gasteiger partial charge in [-0.25, -0.2) is 4.18 Å². The smallest absolute Gasteiger partial charge is 0.278 e. The first-order chi connectivity index (χ1) is 13.2. The minimum atomic E-state index is -3.77. The molecule has 3 rings (SSSR count). The van der Waals surface area contributed by atoms with E-state index in [0.717, 1.165) is 11.1 Å². The lowest BCUT2D eigenvalue weighted by molar-refractivity contribution is -0.0557. The largest absolute Gasteiger partial charge is 0.392 e. The molecule has 8 nitrogen and oxygen atoms in total. The van der Waals surface area contributed by atoms with Gasteiger partial charge in [0.15, 0.2) is 6.23 Å². The molecule has 9 heteroatoms. The molecule has 0 bridgehead atoms. The van der Waals surface area contributed by atoms with Gasteiger partial charge in [-0.15, -0.1) is 0 Å². The van der Waals surface area contributed by atoms with Crippen molar-refractivity contribution < 1.29 is 27.8 Å². The number of hydrogen-bond acceptors (Lipinski definition) is 8. The molecular formula is C19H20N2O6S. The van der Waals surface area contributed by atoms with E-state index >= 15 is 0 Å². The third kappa shape index (κ3) is 4.04. The van der Waals surface area contributed by atoms with Crippen molar-refractivity contribution >= 4 is 15.8 Å². The fourth-order valence-electron chi connectivity index (χ4n) is 2.94. The van der Waals surface area contributed by atoms with Crippen molar-refractivity contribution in [3.63, 3.8) is 0 Å². The van der Waals surface area contributed by atoms with Crippen LogP contribution in [0.5, 0.6) is 0 Å². The van der Waals surface area contributed by atoms with Crippen LogP contribution in [0.2, 0.25) is 0 Å². The van der Waals surface area contributed by atoms with E-state index in [-0.39, 0.29) is 6.42 Å². The number of nitrogens with one attached hydrogen (secondary N) is 1. The summed E-state index contributed by atoms with van der Waals surface area (Å²) in [5.74, 6) is 10.7. The number of hydroxylamine groups is 1. The SMILES string of the molecule is CC(O)C#CC#Cc1ccc(C2=NO[C@@H](C[C@]3(C)C(NO)OS3(=O)=O)C2)cc1. The van der Waals surface area contributed by atoms with Gasteiger partial charge < -0.3 is 15.2 Å². The highest BCUT2D eigenvalue weighted by molar-refractivity contribution is 7.89. The van der Waals surface area contributed by atoms with Gasteiger partial charge in [-0.3, -0.25) is 0 Å². The van der Waals surface area contributed by atoms with Crippen molar-refractivity contribution in [2.45, 2.75) is 49.9 Å². The molecule has 2 aliphatic rings. The van der Waals surface area contributed by atoms with E-state index in [1.54, 1.807) is 6.92 Å². The fourth-order valence-corrected chi connectivity index (χ4v) is 4.28. The van der Waals surface area contributed by atoms with Crippen molar-refractivity contribution in [3.05, 3.63) is 35.4 Å². The summed E-state index contributed by atoms with van der Waals surface area (Å²) in [7, 11) is -3.77. The van der Waals surface area contributed by atoms with Crippen LogP contribution in [0.4, 0.5) is 0 Å². The molecular weight excluding hydrogens is 384 g/mol. The molecule has 2 unspecified atom stereocenters. The predicted molar refractivity (Wildman–Crippen MR) is 101 cm³/mol. The summed E-state index contributed by atoms with van der Waals surface area (Å²) in [5.41, 5.74) is 4.18. The minimum absolute atomic E-state index is 0.131. The fraction of sp³-hybridized carbons (Fsp3) is 0.421. The second-order valence-electron chi connectivity index (χ2n) is 6.82. The van der Waals surface area contributed by atoms with Crippen LogP contribution >= 0.6 is 0 Å². The Balaban J connectivity index is 1.62. The van der Waals surface area contributed by atoms with Gasteiger partial charge in [0.05, 0.1) is 5.71 Å². The number of benzene rings is 1. The molecule has 2 heterocycles. The highest BCUT2D eigenvalue weighted by Gasteiger charge is 2.60. The Bertz CT molecular complexity index is 995. The zero-order valence-electron chi connectivity index (χ0n) is 15.3. The summed E-state index contributed by atoms with van der Waals surface area (Å²) < 4.78 is 27.2. The number of nitrogens with zero attached hydrogens (tertiary/aromatic N) is 1. The van der Waals surface area contributed by atoms with Crippen LogP contribution < -0.4 is 5.48 Å². The Hall–Kier alpha value is -2.40. The molecule has 1 fully saturated rings.